The summed E-state index contributed by atoms with van der Waals surface area (Å²) in [7, 11) is 0. The van der Waals surface area contributed by atoms with Crippen molar-refractivity contribution < 1.29 is 23.7 Å². The van der Waals surface area contributed by atoms with Crippen molar-refractivity contribution in [2.24, 2.45) is 0 Å². The summed E-state index contributed by atoms with van der Waals surface area (Å²) in [5.41, 5.74) is 3.84. The number of benzene rings is 1. The molecule has 3 aromatic rings. The molecule has 0 spiro atoms. The van der Waals surface area contributed by atoms with Crippen LogP contribution in [-0.4, -0.2) is 78.2 Å². The predicted octanol–water partition coefficient (Wildman–Crippen LogP) is 1.93. The molecule has 6 rings (SSSR count). The molecule has 10 heteroatoms. The van der Waals surface area contributed by atoms with Crippen molar-refractivity contribution in [1.29, 1.82) is 0 Å². The molecule has 1 fully saturated rings. The quantitative estimate of drug-likeness (QED) is 0.425. The predicted molar refractivity (Wildman–Crippen MR) is 134 cm³/mol. The van der Waals surface area contributed by atoms with E-state index in [2.05, 4.69) is 33.1 Å². The fraction of sp³-hybridized carbons (Fsp3) is 0.444. The maximum absolute atomic E-state index is 12.8. The highest BCUT2D eigenvalue weighted by Gasteiger charge is 2.24. The van der Waals surface area contributed by atoms with Gasteiger partial charge in [-0.3, -0.25) is 9.47 Å². The first-order valence-corrected chi connectivity index (χ1v) is 12.7. The highest BCUT2D eigenvalue weighted by atomic mass is 16.6. The van der Waals surface area contributed by atoms with Crippen LogP contribution in [0.25, 0.3) is 11.3 Å². The molecule has 37 heavy (non-hydrogen) atoms. The Balaban J connectivity index is 1.09. The number of aryl methyl sites for hydroxylation is 1. The minimum absolute atomic E-state index is 0.206. The van der Waals surface area contributed by atoms with Gasteiger partial charge in [-0.2, -0.15) is 4.98 Å². The SMILES string of the molecule is O=c1nc(OCC2COc3ncccc3O2)cc2n1CCc1cc(COCCN3CCOCC3)ccc1-2. The van der Waals surface area contributed by atoms with Crippen LogP contribution < -0.4 is 19.9 Å². The number of pyridine rings is 1. The number of rotatable bonds is 8. The summed E-state index contributed by atoms with van der Waals surface area (Å²) in [6, 6.07) is 11.7. The van der Waals surface area contributed by atoms with Crippen LogP contribution in [0.2, 0.25) is 0 Å². The van der Waals surface area contributed by atoms with Gasteiger partial charge < -0.3 is 23.7 Å². The van der Waals surface area contributed by atoms with Gasteiger partial charge in [0, 0.05) is 44.0 Å². The molecule has 0 saturated carbocycles. The molecule has 0 aliphatic carbocycles. The molecule has 0 bridgehead atoms. The number of morpholine rings is 1. The van der Waals surface area contributed by atoms with Crippen molar-refractivity contribution in [3.05, 3.63) is 64.2 Å². The molecule has 10 nitrogen and oxygen atoms in total. The lowest BCUT2D eigenvalue weighted by atomic mass is 9.96. The standard InChI is InChI=1S/C27H30N4O6/c32-27-29-25(35-17-21-18-36-26-24(37-21)2-1-6-28-26)15-23-22-4-3-19(14-20(22)5-7-31(23)27)16-34-13-10-30-8-11-33-12-9-30/h1-4,6,14-15,21H,5,7-13,16-18H2. The highest BCUT2D eigenvalue weighted by molar-refractivity contribution is 5.67. The van der Waals surface area contributed by atoms with Crippen molar-refractivity contribution in [2.45, 2.75) is 25.7 Å². The molecule has 3 aliphatic heterocycles. The van der Waals surface area contributed by atoms with Gasteiger partial charge in [0.05, 0.1) is 32.1 Å². The van der Waals surface area contributed by atoms with E-state index in [4.69, 9.17) is 23.7 Å². The molecule has 0 N–H and O–H groups in total. The van der Waals surface area contributed by atoms with Crippen molar-refractivity contribution in [3.8, 4) is 28.8 Å². The summed E-state index contributed by atoms with van der Waals surface area (Å²) in [6.45, 7) is 6.81. The van der Waals surface area contributed by atoms with E-state index in [1.54, 1.807) is 22.9 Å². The summed E-state index contributed by atoms with van der Waals surface area (Å²) in [4.78, 5) is 23.4. The van der Waals surface area contributed by atoms with Crippen LogP contribution in [0.15, 0.2) is 47.4 Å². The smallest absolute Gasteiger partial charge is 0.351 e. The molecule has 1 atom stereocenters. The van der Waals surface area contributed by atoms with E-state index >= 15 is 0 Å². The molecule has 1 saturated heterocycles. The molecule has 0 radical (unpaired) electrons. The molecule has 2 aromatic heterocycles. The second kappa shape index (κ2) is 10.9. The van der Waals surface area contributed by atoms with Crippen LogP contribution in [0.1, 0.15) is 11.1 Å². The van der Waals surface area contributed by atoms with Gasteiger partial charge in [0.2, 0.25) is 5.88 Å². The van der Waals surface area contributed by atoms with Gasteiger partial charge in [0.25, 0.3) is 5.88 Å². The lowest BCUT2D eigenvalue weighted by Gasteiger charge is -2.26. The zero-order valence-corrected chi connectivity index (χ0v) is 20.6. The highest BCUT2D eigenvalue weighted by Crippen LogP contribution is 2.31. The first-order valence-electron chi connectivity index (χ1n) is 12.7. The maximum Gasteiger partial charge on any atom is 0.351 e. The van der Waals surface area contributed by atoms with Gasteiger partial charge in [-0.25, -0.2) is 9.78 Å². The zero-order chi connectivity index (χ0) is 25.0. The van der Waals surface area contributed by atoms with Gasteiger partial charge in [-0.15, -0.1) is 0 Å². The fourth-order valence-electron chi connectivity index (χ4n) is 4.85. The van der Waals surface area contributed by atoms with Crippen LogP contribution >= 0.6 is 0 Å². The van der Waals surface area contributed by atoms with Crippen LogP contribution in [-0.2, 0) is 29.0 Å². The number of fused-ring (bicyclic) bond motifs is 4. The first kappa shape index (κ1) is 23.9. The molecule has 0 amide bonds. The first-order chi connectivity index (χ1) is 18.2. The van der Waals surface area contributed by atoms with Crippen molar-refractivity contribution >= 4 is 0 Å². The number of ether oxygens (including phenoxy) is 5. The Bertz CT molecular complexity index is 1310. The van der Waals surface area contributed by atoms with E-state index in [-0.39, 0.29) is 24.3 Å². The van der Waals surface area contributed by atoms with Crippen molar-refractivity contribution in [2.75, 3.05) is 52.7 Å². The van der Waals surface area contributed by atoms with Gasteiger partial charge in [-0.05, 0) is 29.7 Å². The summed E-state index contributed by atoms with van der Waals surface area (Å²) >= 11 is 0. The summed E-state index contributed by atoms with van der Waals surface area (Å²) in [5, 5.41) is 0. The summed E-state index contributed by atoms with van der Waals surface area (Å²) in [6.07, 6.45) is 2.10. The largest absolute Gasteiger partial charge is 0.478 e. The average molecular weight is 507 g/mol. The Morgan fingerprint density at radius 2 is 2.03 bits per heavy atom. The van der Waals surface area contributed by atoms with Crippen molar-refractivity contribution in [3.63, 3.8) is 0 Å². The number of aromatic nitrogens is 3. The van der Waals surface area contributed by atoms with E-state index in [0.717, 1.165) is 56.1 Å². The van der Waals surface area contributed by atoms with Crippen molar-refractivity contribution in [1.82, 2.24) is 19.4 Å². The Morgan fingerprint density at radius 3 is 2.95 bits per heavy atom. The lowest BCUT2D eigenvalue weighted by Crippen LogP contribution is -2.38. The Morgan fingerprint density at radius 1 is 1.11 bits per heavy atom. The molecular formula is C27H30N4O6. The Kier molecular flexibility index (Phi) is 7.03. The monoisotopic (exact) mass is 506 g/mol. The number of hydrogen-bond acceptors (Lipinski definition) is 9. The second-order valence-corrected chi connectivity index (χ2v) is 9.33. The van der Waals surface area contributed by atoms with E-state index in [9.17, 15) is 4.79 Å². The van der Waals surface area contributed by atoms with Gasteiger partial charge in [0.15, 0.2) is 11.9 Å². The third kappa shape index (κ3) is 5.46. The number of nitrogens with zero attached hydrogens (tertiary/aromatic N) is 4. The lowest BCUT2D eigenvalue weighted by molar-refractivity contribution is 0.0180. The molecule has 1 aromatic carbocycles. The van der Waals surface area contributed by atoms with Crippen LogP contribution in [0.3, 0.4) is 0 Å². The summed E-state index contributed by atoms with van der Waals surface area (Å²) < 4.78 is 30.5. The number of hydrogen-bond donors (Lipinski definition) is 0. The normalized spacial score (nSPS) is 18.6. The molecular weight excluding hydrogens is 476 g/mol. The average Bonchev–Trinajstić information content (AvgIpc) is 2.94. The van der Waals surface area contributed by atoms with Gasteiger partial charge >= 0.3 is 5.69 Å². The minimum atomic E-state index is -0.324. The fourth-order valence-corrected chi connectivity index (χ4v) is 4.85. The third-order valence-corrected chi connectivity index (χ3v) is 6.82. The maximum atomic E-state index is 12.8. The second-order valence-electron chi connectivity index (χ2n) is 9.33. The van der Waals surface area contributed by atoms with Gasteiger partial charge in [-0.1, -0.05) is 18.2 Å². The van der Waals surface area contributed by atoms with E-state index in [0.29, 0.717) is 38.0 Å². The van der Waals surface area contributed by atoms with E-state index in [1.165, 1.54) is 5.56 Å². The van der Waals surface area contributed by atoms with Crippen LogP contribution in [0.4, 0.5) is 0 Å². The topological polar surface area (TPSA) is 97.2 Å². The third-order valence-electron chi connectivity index (χ3n) is 6.82. The Labute approximate surface area is 214 Å². The zero-order valence-electron chi connectivity index (χ0n) is 20.6. The van der Waals surface area contributed by atoms with Crippen LogP contribution in [0.5, 0.6) is 17.5 Å². The van der Waals surface area contributed by atoms with E-state index < -0.39 is 0 Å². The minimum Gasteiger partial charge on any atom is -0.478 e. The van der Waals surface area contributed by atoms with E-state index in [1.807, 2.05) is 6.07 Å². The molecule has 1 unspecified atom stereocenters. The summed E-state index contributed by atoms with van der Waals surface area (Å²) in [5.74, 6) is 1.33. The molecule has 5 heterocycles. The Hall–Kier alpha value is -3.47. The molecule has 3 aliphatic rings. The van der Waals surface area contributed by atoms with Crippen LogP contribution in [0, 0.1) is 0 Å². The molecule has 194 valence electrons. The van der Waals surface area contributed by atoms with Gasteiger partial charge in [0.1, 0.15) is 13.2 Å².